The minimum absolute atomic E-state index is 0. The van der Waals surface area contributed by atoms with E-state index in [0.29, 0.717) is 5.75 Å². The van der Waals surface area contributed by atoms with E-state index in [4.69, 9.17) is 10.0 Å². The van der Waals surface area contributed by atoms with E-state index in [2.05, 4.69) is 4.65 Å². The number of hydrogen-bond donors (Lipinski definition) is 2. The normalized spacial score (nSPS) is 8.58. The maximum absolute atomic E-state index is 8.43. The van der Waals surface area contributed by atoms with E-state index in [1.54, 1.807) is 18.2 Å². The summed E-state index contributed by atoms with van der Waals surface area (Å²) in [5.41, 5.74) is 1.02. The van der Waals surface area contributed by atoms with Crippen molar-refractivity contribution in [3.05, 3.63) is 29.8 Å². The summed E-state index contributed by atoms with van der Waals surface area (Å²) < 4.78 is 4.61. The molecule has 0 spiro atoms. The molecule has 1 rings (SSSR count). The van der Waals surface area contributed by atoms with Crippen LogP contribution in [0.4, 0.5) is 0 Å². The van der Waals surface area contributed by atoms with Crippen LogP contribution in [0.15, 0.2) is 24.3 Å². The maximum atomic E-state index is 8.43. The van der Waals surface area contributed by atoms with E-state index in [9.17, 15) is 0 Å². The van der Waals surface area contributed by atoms with E-state index >= 15 is 0 Å². The minimum atomic E-state index is -1.74. The molecule has 0 heterocycles. The van der Waals surface area contributed by atoms with Crippen molar-refractivity contribution in [1.82, 2.24) is 0 Å². The molecule has 0 unspecified atom stereocenters. The van der Waals surface area contributed by atoms with Crippen LogP contribution in [-0.2, 0) is 0 Å². The molecule has 0 fully saturated rings. The molecule has 1 aromatic rings. The van der Waals surface area contributed by atoms with Crippen molar-refractivity contribution >= 4 is 58.7 Å². The van der Waals surface area contributed by atoms with Crippen molar-refractivity contribution in [3.63, 3.8) is 0 Å². The Balaban J connectivity index is 0.00000121. The van der Waals surface area contributed by atoms with Gasteiger partial charge in [-0.05, 0) is 24.6 Å². The second-order valence-electron chi connectivity index (χ2n) is 2.26. The van der Waals surface area contributed by atoms with Gasteiger partial charge in [0.2, 0.25) is 0 Å². The van der Waals surface area contributed by atoms with Gasteiger partial charge in [-0.1, -0.05) is 12.1 Å². The fourth-order valence-electron chi connectivity index (χ4n) is 0.810. The van der Waals surface area contributed by atoms with Crippen LogP contribution < -0.4 is 4.65 Å². The quantitative estimate of drug-likeness (QED) is 0.632. The van der Waals surface area contributed by atoms with Gasteiger partial charge in [0.25, 0.3) is 0 Å². The van der Waals surface area contributed by atoms with Gasteiger partial charge in [-0.3, -0.25) is 0 Å². The summed E-state index contributed by atoms with van der Waals surface area (Å²) in [5.74, 6) is 0.458. The van der Waals surface area contributed by atoms with Gasteiger partial charge < -0.3 is 14.7 Å². The van der Waals surface area contributed by atoms with Crippen LogP contribution in [0, 0.1) is 6.92 Å². The molecule has 5 heteroatoms. The fraction of sp³-hybridized carbons (Fsp3) is 0.143. The number of hydrogen-bond acceptors (Lipinski definition) is 3. The van der Waals surface area contributed by atoms with Gasteiger partial charge in [0.15, 0.2) is 0 Å². The second-order valence-corrected chi connectivity index (χ2v) is 2.26. The zero-order chi connectivity index (χ0) is 8.27. The van der Waals surface area contributed by atoms with Gasteiger partial charge in [0, 0.05) is 0 Å². The van der Waals surface area contributed by atoms with E-state index < -0.39 is 7.32 Å². The molecule has 0 aliphatic rings. The van der Waals surface area contributed by atoms with Crippen LogP contribution in [0.25, 0.3) is 0 Å². The molecule has 1 aromatic carbocycles. The molecule has 0 aliphatic heterocycles. The van der Waals surface area contributed by atoms with Gasteiger partial charge in [-0.15, -0.1) is 0 Å². The average Bonchev–Trinajstić information content (AvgIpc) is 1.85. The second kappa shape index (κ2) is 6.15. The molecule has 0 aliphatic carbocycles. The van der Waals surface area contributed by atoms with Crippen molar-refractivity contribution in [2.45, 2.75) is 6.92 Å². The topological polar surface area (TPSA) is 49.7 Å². The first-order valence-electron chi connectivity index (χ1n) is 3.28. The first kappa shape index (κ1) is 12.6. The van der Waals surface area contributed by atoms with Crippen LogP contribution in [-0.4, -0.2) is 68.8 Å². The van der Waals surface area contributed by atoms with Gasteiger partial charge in [0.1, 0.15) is 5.75 Å². The Labute approximate surface area is 114 Å². The van der Waals surface area contributed by atoms with Crippen molar-refractivity contribution < 1.29 is 14.7 Å². The predicted octanol–water partition coefficient (Wildman–Crippen LogP) is -0.305. The summed E-state index contributed by atoms with van der Waals surface area (Å²) >= 11 is 0. The summed E-state index contributed by atoms with van der Waals surface area (Å²) in [5, 5.41) is 16.9. The van der Waals surface area contributed by atoms with Gasteiger partial charge in [-0.25, -0.2) is 0 Å². The molecule has 2 N–H and O–H groups in total. The first-order valence-corrected chi connectivity index (χ1v) is 3.28. The Morgan fingerprint density at radius 1 is 1.33 bits per heavy atom. The fourth-order valence-corrected chi connectivity index (χ4v) is 0.810. The van der Waals surface area contributed by atoms with E-state index in [-0.39, 0.29) is 51.4 Å². The van der Waals surface area contributed by atoms with Gasteiger partial charge >= 0.3 is 58.7 Å². The number of aryl methyl sites for hydroxylation is 1. The summed E-state index contributed by atoms with van der Waals surface area (Å²) in [6.45, 7) is 1.90. The summed E-state index contributed by atoms with van der Waals surface area (Å²) in [6.07, 6.45) is 0. The first-order chi connectivity index (χ1) is 5.18. The summed E-state index contributed by atoms with van der Waals surface area (Å²) in [7, 11) is -1.74. The summed E-state index contributed by atoms with van der Waals surface area (Å²) in [4.78, 5) is 0. The Kier molecular flexibility index (Phi) is 6.48. The molecule has 0 atom stereocenters. The zero-order valence-electron chi connectivity index (χ0n) is 6.19. The Hall–Kier alpha value is 0.641. The molecular weight excluding hydrogens is 182 g/mol. The molecule has 0 saturated carbocycles. The number of benzene rings is 1. The standard InChI is InChI=1S/C7H9BO3.K.H/c1-6-3-2-4-7(5-6)11-8(9)10;;/h2-5,9-10H,1H3;;. The van der Waals surface area contributed by atoms with Gasteiger partial charge in [0.05, 0.1) is 0 Å². The predicted molar refractivity (Wildman–Crippen MR) is 49.1 cm³/mol. The van der Waals surface area contributed by atoms with Gasteiger partial charge in [-0.2, -0.15) is 0 Å². The number of rotatable bonds is 2. The molecule has 0 amide bonds. The average molecular weight is 192 g/mol. The van der Waals surface area contributed by atoms with Crippen LogP contribution in [0.3, 0.4) is 0 Å². The molecular formula is C7H10BKO3. The van der Waals surface area contributed by atoms with Crippen LogP contribution in [0.5, 0.6) is 5.75 Å². The van der Waals surface area contributed by atoms with E-state index in [0.717, 1.165) is 5.56 Å². The SMILES string of the molecule is Cc1cccc(OB(O)O)c1.[KH]. The van der Waals surface area contributed by atoms with Crippen LogP contribution >= 0.6 is 0 Å². The van der Waals surface area contributed by atoms with Crippen LogP contribution in [0.2, 0.25) is 0 Å². The molecule has 0 saturated heterocycles. The molecule has 12 heavy (non-hydrogen) atoms. The third-order valence-corrected chi connectivity index (χ3v) is 1.23. The monoisotopic (exact) mass is 192 g/mol. The van der Waals surface area contributed by atoms with E-state index in [1.165, 1.54) is 0 Å². The van der Waals surface area contributed by atoms with E-state index in [1.807, 2.05) is 13.0 Å². The summed E-state index contributed by atoms with van der Waals surface area (Å²) in [6, 6.07) is 7.07. The third-order valence-electron chi connectivity index (χ3n) is 1.23. The third kappa shape index (κ3) is 4.61. The molecule has 3 nitrogen and oxygen atoms in total. The molecule has 60 valence electrons. The Bertz CT molecular complexity index is 242. The molecule has 0 radical (unpaired) electrons. The molecule has 0 aromatic heterocycles. The van der Waals surface area contributed by atoms with Crippen molar-refractivity contribution in [1.29, 1.82) is 0 Å². The van der Waals surface area contributed by atoms with Crippen molar-refractivity contribution in [2.75, 3.05) is 0 Å². The van der Waals surface area contributed by atoms with Crippen LogP contribution in [0.1, 0.15) is 5.56 Å². The van der Waals surface area contributed by atoms with Crippen molar-refractivity contribution in [2.24, 2.45) is 0 Å². The Morgan fingerprint density at radius 2 is 2.00 bits per heavy atom. The molecule has 0 bridgehead atoms. The zero-order valence-corrected chi connectivity index (χ0v) is 6.19. The Morgan fingerprint density at radius 3 is 2.50 bits per heavy atom. The van der Waals surface area contributed by atoms with Crippen molar-refractivity contribution in [3.8, 4) is 5.75 Å².